The monoisotopic (exact) mass is 230 g/mol. The maximum Gasteiger partial charge on any atom is 0.320 e. The lowest BCUT2D eigenvalue weighted by atomic mass is 10.1. The number of carbonyl (C=O) groups excluding carboxylic acids is 1. The van der Waals surface area contributed by atoms with Crippen molar-refractivity contribution in [2.24, 2.45) is 5.73 Å². The number of hydrogen-bond donors (Lipinski definition) is 1. The van der Waals surface area contributed by atoms with Crippen LogP contribution in [-0.4, -0.2) is 19.6 Å². The molecule has 0 aromatic heterocycles. The molecule has 0 unspecified atom stereocenters. The van der Waals surface area contributed by atoms with E-state index in [2.05, 4.69) is 0 Å². The molecule has 4 nitrogen and oxygen atoms in total. The van der Waals surface area contributed by atoms with Gasteiger partial charge in [-0.15, -0.1) is 0 Å². The molecule has 0 heterocycles. The van der Waals surface area contributed by atoms with Crippen molar-refractivity contribution in [2.75, 3.05) is 18.2 Å². The Balaban J connectivity index is 2.48. The molecule has 4 heteroatoms. The Morgan fingerprint density at radius 1 is 1.18 bits per heavy atom. The Kier molecular flexibility index (Phi) is 3.57. The van der Waals surface area contributed by atoms with Gasteiger partial charge in [-0.3, -0.25) is 4.79 Å². The highest BCUT2D eigenvalue weighted by Crippen LogP contribution is 2.26. The number of fused-ring (bicyclic) bond motifs is 1. The lowest BCUT2D eigenvalue weighted by Gasteiger charge is -2.21. The second-order valence-electron chi connectivity index (χ2n) is 3.59. The zero-order valence-corrected chi connectivity index (χ0v) is 9.37. The van der Waals surface area contributed by atoms with E-state index >= 15 is 0 Å². The molecule has 0 fully saturated rings. The normalized spacial score (nSPS) is 10.2. The lowest BCUT2D eigenvalue weighted by Crippen LogP contribution is -2.29. The van der Waals surface area contributed by atoms with Crippen LogP contribution in [0.1, 0.15) is 0 Å². The summed E-state index contributed by atoms with van der Waals surface area (Å²) in [5, 5.41) is 3.64. The summed E-state index contributed by atoms with van der Waals surface area (Å²) in [6, 6.07) is 13.8. The van der Waals surface area contributed by atoms with E-state index in [1.807, 2.05) is 42.5 Å². The molecule has 88 valence electrons. The van der Waals surface area contributed by atoms with Crippen LogP contribution in [0, 0.1) is 0 Å². The van der Waals surface area contributed by atoms with Crippen molar-refractivity contribution in [2.45, 2.75) is 0 Å². The summed E-state index contributed by atoms with van der Waals surface area (Å²) in [5.41, 5.74) is 6.35. The van der Waals surface area contributed by atoms with E-state index in [0.717, 1.165) is 16.5 Å². The lowest BCUT2D eigenvalue weighted by molar-refractivity contribution is -0.129. The van der Waals surface area contributed by atoms with E-state index < -0.39 is 0 Å². The van der Waals surface area contributed by atoms with Crippen LogP contribution in [0.5, 0.6) is 0 Å². The third-order valence-electron chi connectivity index (χ3n) is 2.54. The molecule has 0 radical (unpaired) electrons. The molecule has 0 atom stereocenters. The second kappa shape index (κ2) is 5.32. The van der Waals surface area contributed by atoms with Crippen molar-refractivity contribution in [3.8, 4) is 0 Å². The van der Waals surface area contributed by atoms with Gasteiger partial charge in [0.25, 0.3) is 0 Å². The molecule has 2 N–H and O–H groups in total. The van der Waals surface area contributed by atoms with Crippen LogP contribution in [0.25, 0.3) is 10.8 Å². The second-order valence-corrected chi connectivity index (χ2v) is 3.59. The maximum atomic E-state index is 10.5. The van der Waals surface area contributed by atoms with Crippen LogP contribution in [0.3, 0.4) is 0 Å². The van der Waals surface area contributed by atoms with Gasteiger partial charge in [0.15, 0.2) is 0 Å². The SMILES string of the molecule is NCCN(OC=O)c1cccc2ccccc12. The van der Waals surface area contributed by atoms with Crippen molar-refractivity contribution < 1.29 is 9.63 Å². The Morgan fingerprint density at radius 2 is 1.94 bits per heavy atom. The summed E-state index contributed by atoms with van der Waals surface area (Å²) in [4.78, 5) is 15.4. The first kappa shape index (κ1) is 11.4. The number of rotatable bonds is 5. The van der Waals surface area contributed by atoms with Gasteiger partial charge in [-0.25, -0.2) is 5.06 Å². The van der Waals surface area contributed by atoms with Crippen LogP contribution in [-0.2, 0) is 9.63 Å². The van der Waals surface area contributed by atoms with Crippen LogP contribution >= 0.6 is 0 Å². The highest BCUT2D eigenvalue weighted by molar-refractivity contribution is 5.94. The van der Waals surface area contributed by atoms with Gasteiger partial charge in [-0.05, 0) is 11.5 Å². The number of benzene rings is 2. The molecule has 2 aromatic carbocycles. The fourth-order valence-electron chi connectivity index (χ4n) is 1.82. The average Bonchev–Trinajstić information content (AvgIpc) is 2.38. The molecular formula is C13H14N2O2. The molecule has 0 bridgehead atoms. The highest BCUT2D eigenvalue weighted by atomic mass is 16.7. The number of carbonyl (C=O) groups is 1. The number of anilines is 1. The molecule has 0 aliphatic rings. The summed E-state index contributed by atoms with van der Waals surface area (Å²) in [5.74, 6) is 0. The highest BCUT2D eigenvalue weighted by Gasteiger charge is 2.09. The summed E-state index contributed by atoms with van der Waals surface area (Å²) < 4.78 is 0. The minimum atomic E-state index is 0.414. The van der Waals surface area contributed by atoms with Crippen molar-refractivity contribution in [3.63, 3.8) is 0 Å². The fraction of sp³-hybridized carbons (Fsp3) is 0.154. The van der Waals surface area contributed by atoms with Crippen LogP contribution in [0.4, 0.5) is 5.69 Å². The van der Waals surface area contributed by atoms with Crippen LogP contribution < -0.4 is 10.8 Å². The van der Waals surface area contributed by atoms with E-state index in [0.29, 0.717) is 19.6 Å². The molecule has 0 amide bonds. The molecular weight excluding hydrogens is 216 g/mol. The van der Waals surface area contributed by atoms with E-state index in [4.69, 9.17) is 10.6 Å². The van der Waals surface area contributed by atoms with Gasteiger partial charge in [0, 0.05) is 11.9 Å². The van der Waals surface area contributed by atoms with Gasteiger partial charge in [0.1, 0.15) is 0 Å². The first-order valence-corrected chi connectivity index (χ1v) is 5.42. The summed E-state index contributed by atoms with van der Waals surface area (Å²) in [7, 11) is 0. The minimum absolute atomic E-state index is 0.414. The van der Waals surface area contributed by atoms with Gasteiger partial charge in [0.2, 0.25) is 0 Å². The molecule has 2 aromatic rings. The molecule has 0 aliphatic heterocycles. The Labute approximate surface area is 99.5 Å². The zero-order chi connectivity index (χ0) is 12.1. The summed E-state index contributed by atoms with van der Waals surface area (Å²) in [6.45, 7) is 1.29. The number of hydroxylamine groups is 1. The number of nitrogens with zero attached hydrogens (tertiary/aromatic N) is 1. The first-order valence-electron chi connectivity index (χ1n) is 5.42. The number of nitrogens with two attached hydrogens (primary N) is 1. The zero-order valence-electron chi connectivity index (χ0n) is 9.37. The van der Waals surface area contributed by atoms with Crippen LogP contribution in [0.15, 0.2) is 42.5 Å². The van der Waals surface area contributed by atoms with Crippen molar-refractivity contribution in [3.05, 3.63) is 42.5 Å². The van der Waals surface area contributed by atoms with Gasteiger partial charge in [0.05, 0.1) is 12.2 Å². The van der Waals surface area contributed by atoms with Gasteiger partial charge < -0.3 is 10.6 Å². The van der Waals surface area contributed by atoms with E-state index in [-0.39, 0.29) is 0 Å². The van der Waals surface area contributed by atoms with Gasteiger partial charge in [-0.1, -0.05) is 36.4 Å². The Morgan fingerprint density at radius 3 is 2.71 bits per heavy atom. The molecule has 17 heavy (non-hydrogen) atoms. The van der Waals surface area contributed by atoms with E-state index in [1.165, 1.54) is 5.06 Å². The van der Waals surface area contributed by atoms with Crippen molar-refractivity contribution >= 4 is 22.9 Å². The topological polar surface area (TPSA) is 55.6 Å². The quantitative estimate of drug-likeness (QED) is 0.627. The molecule has 0 saturated carbocycles. The predicted molar refractivity (Wildman–Crippen MR) is 67.5 cm³/mol. The summed E-state index contributed by atoms with van der Waals surface area (Å²) in [6.07, 6.45) is 0. The van der Waals surface area contributed by atoms with Crippen molar-refractivity contribution in [1.82, 2.24) is 0 Å². The minimum Gasteiger partial charge on any atom is -0.344 e. The Bertz CT molecular complexity index is 508. The van der Waals surface area contributed by atoms with E-state index in [1.54, 1.807) is 0 Å². The number of hydrogen-bond acceptors (Lipinski definition) is 4. The van der Waals surface area contributed by atoms with Crippen molar-refractivity contribution in [1.29, 1.82) is 0 Å². The van der Waals surface area contributed by atoms with Gasteiger partial charge in [-0.2, -0.15) is 0 Å². The van der Waals surface area contributed by atoms with Crippen LogP contribution in [0.2, 0.25) is 0 Å². The predicted octanol–water partition coefficient (Wildman–Crippen LogP) is 1.69. The Hall–Kier alpha value is -2.07. The average molecular weight is 230 g/mol. The van der Waals surface area contributed by atoms with E-state index in [9.17, 15) is 4.79 Å². The maximum absolute atomic E-state index is 10.5. The summed E-state index contributed by atoms with van der Waals surface area (Å²) >= 11 is 0. The third-order valence-corrected chi connectivity index (χ3v) is 2.54. The third kappa shape index (κ3) is 2.37. The molecule has 0 spiro atoms. The first-order chi connectivity index (χ1) is 8.36. The smallest absolute Gasteiger partial charge is 0.320 e. The molecule has 2 rings (SSSR count). The standard InChI is InChI=1S/C13H14N2O2/c14-8-9-15(17-10-16)13-7-3-5-11-4-1-2-6-12(11)13/h1-7,10H,8-9,14H2. The van der Waals surface area contributed by atoms with Gasteiger partial charge >= 0.3 is 6.47 Å². The fourth-order valence-corrected chi connectivity index (χ4v) is 1.82. The molecule has 0 saturated heterocycles. The molecule has 0 aliphatic carbocycles. The largest absolute Gasteiger partial charge is 0.344 e.